The third kappa shape index (κ3) is 17.6. The maximum Gasteiger partial charge on any atom is 0.326 e. The van der Waals surface area contributed by atoms with E-state index in [1.165, 1.54) is 51.4 Å². The quantitative estimate of drug-likeness (QED) is 0.221. The van der Waals surface area contributed by atoms with Crippen molar-refractivity contribution in [1.82, 2.24) is 5.32 Å². The van der Waals surface area contributed by atoms with E-state index in [0.717, 1.165) is 32.1 Å². The van der Waals surface area contributed by atoms with Gasteiger partial charge in [0.25, 0.3) is 0 Å². The van der Waals surface area contributed by atoms with Gasteiger partial charge in [-0.25, -0.2) is 4.79 Å². The molecule has 0 radical (unpaired) electrons. The first-order valence-corrected chi connectivity index (χ1v) is 10.9. The number of unbranched alkanes of at least 4 members (excludes halogenated alkanes) is 11. The summed E-state index contributed by atoms with van der Waals surface area (Å²) in [4.78, 5) is 33.5. The highest BCUT2D eigenvalue weighted by atomic mass is 16.4. The molecule has 0 saturated heterocycles. The fourth-order valence-corrected chi connectivity index (χ4v) is 3.02. The lowest BCUT2D eigenvalue weighted by molar-refractivity contribution is -0.143. The standard InChI is InChI=1S/C22H40N2O4/c1-2-3-4-5-6-7-8-9-10-11-12-13-14-15-16-17-21(26)24-19(22(27)28)18-20(23)25/h9-10,19H,2-8,11-18H2,1H3,(H2,23,25)(H,24,26)(H,27,28)/b10-9+/t19-/m0/s1. The van der Waals surface area contributed by atoms with Crippen molar-refractivity contribution in [3.8, 4) is 0 Å². The largest absolute Gasteiger partial charge is 0.480 e. The van der Waals surface area contributed by atoms with E-state index >= 15 is 0 Å². The molecule has 0 saturated carbocycles. The van der Waals surface area contributed by atoms with Crippen LogP contribution in [0.4, 0.5) is 0 Å². The van der Waals surface area contributed by atoms with Crippen LogP contribution in [-0.2, 0) is 14.4 Å². The van der Waals surface area contributed by atoms with E-state index in [9.17, 15) is 14.4 Å². The van der Waals surface area contributed by atoms with Gasteiger partial charge in [0.15, 0.2) is 0 Å². The molecule has 2 amide bonds. The van der Waals surface area contributed by atoms with Crippen LogP contribution in [0.3, 0.4) is 0 Å². The number of amides is 2. The Morgan fingerprint density at radius 2 is 1.36 bits per heavy atom. The van der Waals surface area contributed by atoms with Gasteiger partial charge >= 0.3 is 5.97 Å². The molecular weight excluding hydrogens is 356 g/mol. The van der Waals surface area contributed by atoms with Gasteiger partial charge in [-0.05, 0) is 32.1 Å². The second kappa shape index (κ2) is 18.5. The van der Waals surface area contributed by atoms with Crippen molar-refractivity contribution >= 4 is 17.8 Å². The van der Waals surface area contributed by atoms with E-state index in [1.807, 2.05) is 0 Å². The zero-order chi connectivity index (χ0) is 21.0. The molecule has 28 heavy (non-hydrogen) atoms. The first kappa shape index (κ1) is 26.1. The lowest BCUT2D eigenvalue weighted by Crippen LogP contribution is -2.43. The highest BCUT2D eigenvalue weighted by Gasteiger charge is 2.21. The summed E-state index contributed by atoms with van der Waals surface area (Å²) < 4.78 is 0. The number of hydrogen-bond donors (Lipinski definition) is 3. The van der Waals surface area contributed by atoms with Crippen molar-refractivity contribution in [3.63, 3.8) is 0 Å². The average Bonchev–Trinajstić information content (AvgIpc) is 2.64. The molecule has 6 heteroatoms. The average molecular weight is 397 g/mol. The van der Waals surface area contributed by atoms with Gasteiger partial charge in [-0.1, -0.05) is 70.4 Å². The van der Waals surface area contributed by atoms with Crippen LogP contribution in [0.1, 0.15) is 103 Å². The van der Waals surface area contributed by atoms with Crippen LogP contribution in [0.15, 0.2) is 12.2 Å². The summed E-state index contributed by atoms with van der Waals surface area (Å²) in [5, 5.41) is 11.3. The number of aliphatic carboxylic acids is 1. The molecule has 0 aliphatic carbocycles. The van der Waals surface area contributed by atoms with Crippen molar-refractivity contribution in [2.24, 2.45) is 5.73 Å². The van der Waals surface area contributed by atoms with Crippen molar-refractivity contribution in [3.05, 3.63) is 12.2 Å². The summed E-state index contributed by atoms with van der Waals surface area (Å²) >= 11 is 0. The molecule has 0 aromatic rings. The molecule has 0 spiro atoms. The molecule has 6 nitrogen and oxygen atoms in total. The lowest BCUT2D eigenvalue weighted by Gasteiger charge is -2.12. The zero-order valence-electron chi connectivity index (χ0n) is 17.6. The summed E-state index contributed by atoms with van der Waals surface area (Å²) in [7, 11) is 0. The SMILES string of the molecule is CCCCCCCC/C=C/CCCCCCCC(=O)N[C@@H](CC(N)=O)C(=O)O. The maximum absolute atomic E-state index is 11.7. The number of carbonyl (C=O) groups excluding carboxylic acids is 2. The van der Waals surface area contributed by atoms with Crippen LogP contribution in [0, 0.1) is 0 Å². The van der Waals surface area contributed by atoms with E-state index in [0.29, 0.717) is 0 Å². The number of carbonyl (C=O) groups is 3. The molecule has 0 aromatic carbocycles. The third-order valence-electron chi connectivity index (χ3n) is 4.70. The van der Waals surface area contributed by atoms with Crippen LogP contribution in [0.2, 0.25) is 0 Å². The van der Waals surface area contributed by atoms with Crippen LogP contribution in [0.5, 0.6) is 0 Å². The Kier molecular flexibility index (Phi) is 17.3. The number of rotatable bonds is 19. The van der Waals surface area contributed by atoms with Gasteiger partial charge in [-0.3, -0.25) is 9.59 Å². The highest BCUT2D eigenvalue weighted by molar-refractivity contribution is 5.88. The molecule has 0 aliphatic heterocycles. The predicted octanol–water partition coefficient (Wildman–Crippen LogP) is 4.47. The molecule has 162 valence electrons. The zero-order valence-corrected chi connectivity index (χ0v) is 17.6. The Morgan fingerprint density at radius 1 is 0.857 bits per heavy atom. The van der Waals surface area contributed by atoms with Gasteiger partial charge in [-0.2, -0.15) is 0 Å². The fraction of sp³-hybridized carbons (Fsp3) is 0.773. The number of allylic oxidation sites excluding steroid dienone is 2. The molecule has 0 fully saturated rings. The van der Waals surface area contributed by atoms with Crippen LogP contribution >= 0.6 is 0 Å². The summed E-state index contributed by atoms with van der Waals surface area (Å²) in [5.74, 6) is -2.32. The van der Waals surface area contributed by atoms with E-state index < -0.39 is 17.9 Å². The maximum atomic E-state index is 11.7. The van der Waals surface area contributed by atoms with Gasteiger partial charge < -0.3 is 16.2 Å². The van der Waals surface area contributed by atoms with Crippen LogP contribution in [-0.4, -0.2) is 28.9 Å². The van der Waals surface area contributed by atoms with Crippen molar-refractivity contribution in [1.29, 1.82) is 0 Å². The molecular formula is C22H40N2O4. The smallest absolute Gasteiger partial charge is 0.326 e. The van der Waals surface area contributed by atoms with Crippen molar-refractivity contribution < 1.29 is 19.5 Å². The summed E-state index contributed by atoms with van der Waals surface area (Å²) in [6.45, 7) is 2.24. The molecule has 0 rings (SSSR count). The van der Waals surface area contributed by atoms with E-state index in [1.54, 1.807) is 0 Å². The highest BCUT2D eigenvalue weighted by Crippen LogP contribution is 2.10. The number of carboxylic acid groups (broad SMARTS) is 1. The Morgan fingerprint density at radius 3 is 1.86 bits per heavy atom. The van der Waals surface area contributed by atoms with E-state index in [-0.39, 0.29) is 18.7 Å². The first-order valence-electron chi connectivity index (χ1n) is 10.9. The molecule has 0 aliphatic rings. The Balaban J connectivity index is 3.51. The minimum absolute atomic E-state index is 0.278. The third-order valence-corrected chi connectivity index (χ3v) is 4.70. The summed E-state index contributed by atoms with van der Waals surface area (Å²) in [6.07, 6.45) is 19.9. The minimum Gasteiger partial charge on any atom is -0.480 e. The Labute approximate surface area is 170 Å². The molecule has 1 atom stereocenters. The van der Waals surface area contributed by atoms with Crippen LogP contribution in [0.25, 0.3) is 0 Å². The molecule has 0 aromatic heterocycles. The van der Waals surface area contributed by atoms with Gasteiger partial charge in [0, 0.05) is 6.42 Å². The first-order chi connectivity index (χ1) is 13.5. The van der Waals surface area contributed by atoms with Gasteiger partial charge in [0.1, 0.15) is 6.04 Å². The molecule has 0 heterocycles. The second-order valence-corrected chi connectivity index (χ2v) is 7.46. The number of primary amides is 1. The number of nitrogens with one attached hydrogen (secondary N) is 1. The molecule has 0 unspecified atom stereocenters. The predicted molar refractivity (Wildman–Crippen MR) is 113 cm³/mol. The van der Waals surface area contributed by atoms with Crippen molar-refractivity contribution in [2.75, 3.05) is 0 Å². The number of carboxylic acids is 1. The lowest BCUT2D eigenvalue weighted by atomic mass is 10.1. The second-order valence-electron chi connectivity index (χ2n) is 7.46. The number of nitrogens with two attached hydrogens (primary N) is 1. The Hall–Kier alpha value is -1.85. The van der Waals surface area contributed by atoms with Gasteiger partial charge in [0.2, 0.25) is 11.8 Å². The fourth-order valence-electron chi connectivity index (χ4n) is 3.02. The monoisotopic (exact) mass is 396 g/mol. The Bertz CT molecular complexity index is 463. The van der Waals surface area contributed by atoms with Gasteiger partial charge in [-0.15, -0.1) is 0 Å². The topological polar surface area (TPSA) is 109 Å². The van der Waals surface area contributed by atoms with E-state index in [2.05, 4.69) is 24.4 Å². The number of hydrogen-bond acceptors (Lipinski definition) is 3. The summed E-state index contributed by atoms with van der Waals surface area (Å²) in [5.41, 5.74) is 4.98. The van der Waals surface area contributed by atoms with Crippen LogP contribution < -0.4 is 11.1 Å². The molecule has 4 N–H and O–H groups in total. The van der Waals surface area contributed by atoms with Gasteiger partial charge in [0.05, 0.1) is 6.42 Å². The summed E-state index contributed by atoms with van der Waals surface area (Å²) in [6, 6.07) is -1.23. The minimum atomic E-state index is -1.24. The van der Waals surface area contributed by atoms with Crippen molar-refractivity contribution in [2.45, 2.75) is 109 Å². The molecule has 0 bridgehead atoms. The van der Waals surface area contributed by atoms with E-state index in [4.69, 9.17) is 10.8 Å². The normalized spacial score (nSPS) is 12.2.